The number of Topliss-reactive ketones (excluding diaryl/α,β-unsaturated/α-hetero) is 1. The molecular weight excluding hydrogens is 182 g/mol. The van der Waals surface area contributed by atoms with Crippen LogP contribution in [-0.4, -0.2) is 45.3 Å². The topological polar surface area (TPSA) is 47.6 Å². The standard InChI is InChI=1S/C10H17NO3/c1-11-9-6-14-5-8(9)10(12)7-2-3-13-4-7/h7-9,11H,2-6H2,1H3. The number of carbonyl (C=O) groups excluding carboxylic acids is 1. The van der Waals surface area contributed by atoms with Crippen molar-refractivity contribution in [2.45, 2.75) is 12.5 Å². The molecule has 3 atom stereocenters. The van der Waals surface area contributed by atoms with Crippen molar-refractivity contribution in [2.75, 3.05) is 33.5 Å². The molecule has 80 valence electrons. The van der Waals surface area contributed by atoms with Crippen molar-refractivity contribution in [3.63, 3.8) is 0 Å². The lowest BCUT2D eigenvalue weighted by Crippen LogP contribution is -2.39. The first-order valence-electron chi connectivity index (χ1n) is 5.19. The predicted molar refractivity (Wildman–Crippen MR) is 51.1 cm³/mol. The summed E-state index contributed by atoms with van der Waals surface area (Å²) in [6.07, 6.45) is 0.881. The minimum absolute atomic E-state index is 0.0340. The summed E-state index contributed by atoms with van der Waals surface area (Å²) in [7, 11) is 1.88. The maximum Gasteiger partial charge on any atom is 0.145 e. The summed E-state index contributed by atoms with van der Waals surface area (Å²) >= 11 is 0. The maximum absolute atomic E-state index is 12.0. The highest BCUT2D eigenvalue weighted by molar-refractivity contribution is 5.84. The highest BCUT2D eigenvalue weighted by atomic mass is 16.5. The summed E-state index contributed by atoms with van der Waals surface area (Å²) in [5.74, 6) is 0.462. The van der Waals surface area contributed by atoms with Gasteiger partial charge in [-0.25, -0.2) is 0 Å². The van der Waals surface area contributed by atoms with E-state index in [1.54, 1.807) is 0 Å². The van der Waals surface area contributed by atoms with Gasteiger partial charge in [0.1, 0.15) is 5.78 Å². The molecule has 0 spiro atoms. The van der Waals surface area contributed by atoms with Crippen molar-refractivity contribution >= 4 is 5.78 Å². The van der Waals surface area contributed by atoms with Gasteiger partial charge < -0.3 is 14.8 Å². The van der Waals surface area contributed by atoms with Gasteiger partial charge in [-0.05, 0) is 13.5 Å². The molecule has 2 aliphatic heterocycles. The molecule has 1 N–H and O–H groups in total. The zero-order chi connectivity index (χ0) is 9.97. The molecule has 4 heteroatoms. The first-order chi connectivity index (χ1) is 6.83. The van der Waals surface area contributed by atoms with Gasteiger partial charge >= 0.3 is 0 Å². The van der Waals surface area contributed by atoms with Gasteiger partial charge in [0.2, 0.25) is 0 Å². The van der Waals surface area contributed by atoms with Crippen molar-refractivity contribution in [1.29, 1.82) is 0 Å². The summed E-state index contributed by atoms with van der Waals surface area (Å²) in [6, 6.07) is 0.197. The monoisotopic (exact) mass is 199 g/mol. The largest absolute Gasteiger partial charge is 0.381 e. The summed E-state index contributed by atoms with van der Waals surface area (Å²) in [5.41, 5.74) is 0. The van der Waals surface area contributed by atoms with Crippen molar-refractivity contribution in [3.05, 3.63) is 0 Å². The SMILES string of the molecule is CNC1COCC1C(=O)C1CCOC1. The Hall–Kier alpha value is -0.450. The Morgan fingerprint density at radius 2 is 2.14 bits per heavy atom. The summed E-state index contributed by atoms with van der Waals surface area (Å²) in [6.45, 7) is 2.56. The molecule has 0 aliphatic carbocycles. The van der Waals surface area contributed by atoms with Crippen LogP contribution in [0.4, 0.5) is 0 Å². The van der Waals surface area contributed by atoms with Gasteiger partial charge in [0.25, 0.3) is 0 Å². The van der Waals surface area contributed by atoms with Crippen LogP contribution in [0, 0.1) is 11.8 Å². The van der Waals surface area contributed by atoms with Gasteiger partial charge in [-0.3, -0.25) is 4.79 Å². The molecule has 0 amide bonds. The van der Waals surface area contributed by atoms with E-state index >= 15 is 0 Å². The van der Waals surface area contributed by atoms with E-state index in [2.05, 4.69) is 5.32 Å². The van der Waals surface area contributed by atoms with Crippen LogP contribution in [-0.2, 0) is 14.3 Å². The van der Waals surface area contributed by atoms with Crippen LogP contribution in [0.25, 0.3) is 0 Å². The number of likely N-dealkylation sites (N-methyl/N-ethyl adjacent to an activating group) is 1. The fourth-order valence-electron chi connectivity index (χ4n) is 2.18. The van der Waals surface area contributed by atoms with Gasteiger partial charge in [-0.1, -0.05) is 0 Å². The number of hydrogen-bond acceptors (Lipinski definition) is 4. The fourth-order valence-corrected chi connectivity index (χ4v) is 2.18. The Morgan fingerprint density at radius 1 is 1.29 bits per heavy atom. The maximum atomic E-state index is 12.0. The van der Waals surface area contributed by atoms with E-state index in [0.29, 0.717) is 25.6 Å². The Kier molecular flexibility index (Phi) is 3.15. The lowest BCUT2D eigenvalue weighted by Gasteiger charge is -2.18. The van der Waals surface area contributed by atoms with Crippen LogP contribution >= 0.6 is 0 Å². The van der Waals surface area contributed by atoms with E-state index in [4.69, 9.17) is 9.47 Å². The number of rotatable bonds is 3. The van der Waals surface area contributed by atoms with Crippen molar-refractivity contribution in [1.82, 2.24) is 5.32 Å². The molecule has 14 heavy (non-hydrogen) atoms. The van der Waals surface area contributed by atoms with E-state index in [9.17, 15) is 4.79 Å². The number of carbonyl (C=O) groups is 1. The zero-order valence-corrected chi connectivity index (χ0v) is 8.49. The minimum Gasteiger partial charge on any atom is -0.381 e. The van der Waals surface area contributed by atoms with Crippen LogP contribution < -0.4 is 5.32 Å². The first-order valence-corrected chi connectivity index (χ1v) is 5.19. The Balaban J connectivity index is 1.95. The second kappa shape index (κ2) is 4.38. The van der Waals surface area contributed by atoms with Crippen molar-refractivity contribution in [3.8, 4) is 0 Å². The predicted octanol–water partition coefficient (Wildman–Crippen LogP) is -0.174. The molecule has 0 saturated carbocycles. The van der Waals surface area contributed by atoms with Crippen molar-refractivity contribution in [2.24, 2.45) is 11.8 Å². The van der Waals surface area contributed by atoms with E-state index in [1.165, 1.54) is 0 Å². The van der Waals surface area contributed by atoms with Gasteiger partial charge in [-0.15, -0.1) is 0 Å². The van der Waals surface area contributed by atoms with Crippen LogP contribution in [0.3, 0.4) is 0 Å². The van der Waals surface area contributed by atoms with Crippen LogP contribution in [0.1, 0.15) is 6.42 Å². The van der Waals surface area contributed by atoms with Crippen LogP contribution in [0.5, 0.6) is 0 Å². The fraction of sp³-hybridized carbons (Fsp3) is 0.900. The molecule has 2 rings (SSSR count). The number of nitrogens with one attached hydrogen (secondary N) is 1. The molecule has 2 heterocycles. The Bertz CT molecular complexity index is 213. The molecule has 2 fully saturated rings. The molecule has 0 bridgehead atoms. The summed E-state index contributed by atoms with van der Waals surface area (Å²) in [4.78, 5) is 12.0. The highest BCUT2D eigenvalue weighted by Crippen LogP contribution is 2.23. The Labute approximate surface area is 84.0 Å². The molecule has 0 aromatic carbocycles. The average Bonchev–Trinajstić information content (AvgIpc) is 2.87. The quantitative estimate of drug-likeness (QED) is 0.685. The average molecular weight is 199 g/mol. The van der Waals surface area contributed by atoms with Crippen LogP contribution in [0.15, 0.2) is 0 Å². The summed E-state index contributed by atoms with van der Waals surface area (Å²) < 4.78 is 10.5. The molecule has 2 aliphatic rings. The van der Waals surface area contributed by atoms with Crippen LogP contribution in [0.2, 0.25) is 0 Å². The molecule has 0 aromatic rings. The van der Waals surface area contributed by atoms with Gasteiger partial charge in [0.05, 0.1) is 25.7 Å². The van der Waals surface area contributed by atoms with E-state index in [1.807, 2.05) is 7.05 Å². The van der Waals surface area contributed by atoms with E-state index in [-0.39, 0.29) is 17.9 Å². The van der Waals surface area contributed by atoms with Gasteiger partial charge in [0, 0.05) is 18.6 Å². The zero-order valence-electron chi connectivity index (χ0n) is 8.49. The third-order valence-electron chi connectivity index (χ3n) is 3.15. The van der Waals surface area contributed by atoms with E-state index < -0.39 is 0 Å². The summed E-state index contributed by atoms with van der Waals surface area (Å²) in [5, 5.41) is 3.13. The highest BCUT2D eigenvalue weighted by Gasteiger charge is 2.37. The second-order valence-electron chi connectivity index (χ2n) is 4.00. The molecule has 0 radical (unpaired) electrons. The molecule has 3 unspecified atom stereocenters. The van der Waals surface area contributed by atoms with Gasteiger partial charge in [-0.2, -0.15) is 0 Å². The smallest absolute Gasteiger partial charge is 0.145 e. The van der Waals surface area contributed by atoms with Crippen molar-refractivity contribution < 1.29 is 14.3 Å². The molecule has 4 nitrogen and oxygen atoms in total. The molecular formula is C10H17NO3. The normalized spacial score (nSPS) is 37.6. The van der Waals surface area contributed by atoms with Gasteiger partial charge in [0.15, 0.2) is 0 Å². The lowest BCUT2D eigenvalue weighted by molar-refractivity contribution is -0.127. The number of ether oxygens (including phenoxy) is 2. The number of hydrogen-bond donors (Lipinski definition) is 1. The first kappa shape index (κ1) is 10.1. The Morgan fingerprint density at radius 3 is 2.79 bits per heavy atom. The molecule has 0 aromatic heterocycles. The second-order valence-corrected chi connectivity index (χ2v) is 4.00. The third kappa shape index (κ3) is 1.82. The van der Waals surface area contributed by atoms with E-state index in [0.717, 1.165) is 13.0 Å². The molecule has 2 saturated heterocycles. The minimum atomic E-state index is 0.0340. The lowest BCUT2D eigenvalue weighted by atomic mass is 9.89. The third-order valence-corrected chi connectivity index (χ3v) is 3.15. The number of ketones is 1.